The number of carbonyl (C=O) groups excluding carboxylic acids is 1. The molecular weight excluding hydrogens is 374 g/mol. The molecule has 4 heterocycles. The number of imidazole rings is 1. The Labute approximate surface area is 166 Å². The van der Waals surface area contributed by atoms with Crippen LogP contribution in [0, 0.1) is 13.8 Å². The van der Waals surface area contributed by atoms with Crippen molar-refractivity contribution in [1.29, 1.82) is 0 Å². The van der Waals surface area contributed by atoms with Crippen LogP contribution >= 0.6 is 11.8 Å². The van der Waals surface area contributed by atoms with E-state index in [1.807, 2.05) is 48.8 Å². The standard InChI is InChI=1S/C20H19N5O2S/c1-13-17(14(2)27-24-13)12-28-20-16(6-5-8-21-20)19(26)22-10-15-11-25-9-4-3-7-18(25)23-15/h3-9,11H,10,12H2,1-2H3,(H,22,26). The third kappa shape index (κ3) is 3.77. The van der Waals surface area contributed by atoms with Gasteiger partial charge in [0.1, 0.15) is 16.4 Å². The fraction of sp³-hybridized carbons (Fsp3) is 0.200. The molecular formula is C20H19N5O2S. The summed E-state index contributed by atoms with van der Waals surface area (Å²) in [6.07, 6.45) is 5.53. The molecule has 4 aromatic rings. The molecule has 142 valence electrons. The molecule has 1 amide bonds. The van der Waals surface area contributed by atoms with Crippen molar-refractivity contribution >= 4 is 23.3 Å². The van der Waals surface area contributed by atoms with E-state index in [1.165, 1.54) is 11.8 Å². The molecule has 0 saturated heterocycles. The average molecular weight is 393 g/mol. The minimum atomic E-state index is -0.175. The number of nitrogens with zero attached hydrogens (tertiary/aromatic N) is 4. The number of aromatic nitrogens is 4. The van der Waals surface area contributed by atoms with Crippen molar-refractivity contribution in [3.05, 3.63) is 77.2 Å². The van der Waals surface area contributed by atoms with Crippen molar-refractivity contribution in [1.82, 2.24) is 24.8 Å². The first-order valence-electron chi connectivity index (χ1n) is 8.82. The number of thioether (sulfide) groups is 1. The van der Waals surface area contributed by atoms with Crippen LogP contribution in [0.4, 0.5) is 0 Å². The third-order valence-corrected chi connectivity index (χ3v) is 5.43. The first kappa shape index (κ1) is 18.2. The molecule has 4 aromatic heterocycles. The van der Waals surface area contributed by atoms with Gasteiger partial charge < -0.3 is 14.2 Å². The Morgan fingerprint density at radius 3 is 2.93 bits per heavy atom. The number of carbonyl (C=O) groups is 1. The van der Waals surface area contributed by atoms with Crippen LogP contribution in [-0.2, 0) is 12.3 Å². The van der Waals surface area contributed by atoms with Gasteiger partial charge in [-0.2, -0.15) is 0 Å². The zero-order valence-corrected chi connectivity index (χ0v) is 16.4. The van der Waals surface area contributed by atoms with Crippen molar-refractivity contribution in [2.75, 3.05) is 0 Å². The number of nitrogens with one attached hydrogen (secondary N) is 1. The highest BCUT2D eigenvalue weighted by Gasteiger charge is 2.15. The number of amides is 1. The molecule has 0 atom stereocenters. The summed E-state index contributed by atoms with van der Waals surface area (Å²) < 4.78 is 7.13. The monoisotopic (exact) mass is 393 g/mol. The number of hydrogen-bond donors (Lipinski definition) is 1. The van der Waals surface area contributed by atoms with Gasteiger partial charge in [-0.1, -0.05) is 11.2 Å². The second-order valence-corrected chi connectivity index (χ2v) is 7.29. The predicted molar refractivity (Wildman–Crippen MR) is 106 cm³/mol. The molecule has 8 heteroatoms. The van der Waals surface area contributed by atoms with E-state index in [9.17, 15) is 4.79 Å². The van der Waals surface area contributed by atoms with Gasteiger partial charge in [0.05, 0.1) is 23.5 Å². The maximum absolute atomic E-state index is 12.7. The van der Waals surface area contributed by atoms with E-state index in [4.69, 9.17) is 4.52 Å². The fourth-order valence-corrected chi connectivity index (χ4v) is 4.01. The second-order valence-electron chi connectivity index (χ2n) is 6.33. The zero-order chi connectivity index (χ0) is 19.5. The minimum Gasteiger partial charge on any atom is -0.361 e. The Balaban J connectivity index is 1.45. The maximum Gasteiger partial charge on any atom is 0.254 e. The van der Waals surface area contributed by atoms with Crippen LogP contribution in [0.2, 0.25) is 0 Å². The molecule has 0 fully saturated rings. The van der Waals surface area contributed by atoms with Crippen LogP contribution in [0.25, 0.3) is 5.65 Å². The molecule has 0 aliphatic rings. The van der Waals surface area contributed by atoms with Gasteiger partial charge in [0, 0.05) is 29.9 Å². The molecule has 4 rings (SSSR count). The molecule has 0 aliphatic heterocycles. The van der Waals surface area contributed by atoms with E-state index in [0.29, 0.717) is 22.9 Å². The van der Waals surface area contributed by atoms with Crippen molar-refractivity contribution in [3.8, 4) is 0 Å². The Kier molecular flexibility index (Phi) is 5.12. The van der Waals surface area contributed by atoms with Gasteiger partial charge in [-0.05, 0) is 38.1 Å². The third-order valence-electron chi connectivity index (χ3n) is 4.39. The molecule has 0 spiro atoms. The summed E-state index contributed by atoms with van der Waals surface area (Å²) in [7, 11) is 0. The van der Waals surface area contributed by atoms with Crippen LogP contribution in [0.1, 0.15) is 33.1 Å². The molecule has 0 radical (unpaired) electrons. The molecule has 0 saturated carbocycles. The summed E-state index contributed by atoms with van der Waals surface area (Å²) in [6.45, 7) is 4.15. The minimum absolute atomic E-state index is 0.175. The highest BCUT2D eigenvalue weighted by atomic mass is 32.2. The molecule has 0 aromatic carbocycles. The van der Waals surface area contributed by atoms with Gasteiger partial charge in [-0.25, -0.2) is 9.97 Å². The van der Waals surface area contributed by atoms with Crippen molar-refractivity contribution in [2.45, 2.75) is 31.2 Å². The van der Waals surface area contributed by atoms with E-state index in [-0.39, 0.29) is 5.91 Å². The molecule has 0 unspecified atom stereocenters. The van der Waals surface area contributed by atoms with Crippen molar-refractivity contribution in [3.63, 3.8) is 0 Å². The van der Waals surface area contributed by atoms with E-state index in [0.717, 1.165) is 28.4 Å². The van der Waals surface area contributed by atoms with Gasteiger partial charge in [0.15, 0.2) is 0 Å². The van der Waals surface area contributed by atoms with E-state index >= 15 is 0 Å². The fourth-order valence-electron chi connectivity index (χ4n) is 2.87. The highest BCUT2D eigenvalue weighted by molar-refractivity contribution is 7.98. The van der Waals surface area contributed by atoms with E-state index < -0.39 is 0 Å². The Morgan fingerprint density at radius 1 is 1.25 bits per heavy atom. The first-order valence-corrected chi connectivity index (χ1v) is 9.81. The molecule has 28 heavy (non-hydrogen) atoms. The lowest BCUT2D eigenvalue weighted by Crippen LogP contribution is -2.23. The number of hydrogen-bond acceptors (Lipinski definition) is 6. The van der Waals surface area contributed by atoms with Crippen LogP contribution in [-0.4, -0.2) is 25.4 Å². The van der Waals surface area contributed by atoms with Crippen LogP contribution in [0.5, 0.6) is 0 Å². The Bertz CT molecular complexity index is 1080. The first-order chi connectivity index (χ1) is 13.6. The number of fused-ring (bicyclic) bond motifs is 1. The molecule has 0 bridgehead atoms. The summed E-state index contributed by atoms with van der Waals surface area (Å²) in [6, 6.07) is 9.34. The van der Waals surface area contributed by atoms with Gasteiger partial charge in [0.25, 0.3) is 5.91 Å². The summed E-state index contributed by atoms with van der Waals surface area (Å²) in [5, 5.41) is 7.58. The van der Waals surface area contributed by atoms with Crippen LogP contribution in [0.3, 0.4) is 0 Å². The zero-order valence-electron chi connectivity index (χ0n) is 15.5. The highest BCUT2D eigenvalue weighted by Crippen LogP contribution is 2.27. The van der Waals surface area contributed by atoms with Crippen LogP contribution in [0.15, 0.2) is 58.5 Å². The van der Waals surface area contributed by atoms with Crippen LogP contribution < -0.4 is 5.32 Å². The lowest BCUT2D eigenvalue weighted by molar-refractivity contribution is 0.0947. The van der Waals surface area contributed by atoms with Gasteiger partial charge in [-0.15, -0.1) is 11.8 Å². The molecule has 7 nitrogen and oxygen atoms in total. The largest absolute Gasteiger partial charge is 0.361 e. The number of aryl methyl sites for hydroxylation is 2. The Hall–Kier alpha value is -3.13. The maximum atomic E-state index is 12.7. The Morgan fingerprint density at radius 2 is 2.14 bits per heavy atom. The second kappa shape index (κ2) is 7.85. The van der Waals surface area contributed by atoms with E-state index in [2.05, 4.69) is 20.4 Å². The van der Waals surface area contributed by atoms with Gasteiger partial charge in [0.2, 0.25) is 0 Å². The van der Waals surface area contributed by atoms with Gasteiger partial charge in [-0.3, -0.25) is 4.79 Å². The quantitative estimate of drug-likeness (QED) is 0.504. The lowest BCUT2D eigenvalue weighted by atomic mass is 10.2. The lowest BCUT2D eigenvalue weighted by Gasteiger charge is -2.08. The average Bonchev–Trinajstić information content (AvgIpc) is 3.27. The summed E-state index contributed by atoms with van der Waals surface area (Å²) in [4.78, 5) is 21.6. The summed E-state index contributed by atoms with van der Waals surface area (Å²) in [5.41, 5.74) is 4.09. The van der Waals surface area contributed by atoms with Crippen molar-refractivity contribution in [2.24, 2.45) is 0 Å². The van der Waals surface area contributed by atoms with E-state index in [1.54, 1.807) is 18.3 Å². The van der Waals surface area contributed by atoms with Gasteiger partial charge >= 0.3 is 0 Å². The predicted octanol–water partition coefficient (Wildman–Crippen LogP) is 3.56. The summed E-state index contributed by atoms with van der Waals surface area (Å²) in [5.74, 6) is 1.26. The molecule has 1 N–H and O–H groups in total. The number of pyridine rings is 2. The van der Waals surface area contributed by atoms with Crippen molar-refractivity contribution < 1.29 is 9.32 Å². The molecule has 0 aliphatic carbocycles. The normalized spacial score (nSPS) is 11.1. The number of rotatable bonds is 6. The topological polar surface area (TPSA) is 85.3 Å². The summed E-state index contributed by atoms with van der Waals surface area (Å²) >= 11 is 1.50. The SMILES string of the molecule is Cc1noc(C)c1CSc1ncccc1C(=O)NCc1cn2ccccc2n1. The smallest absolute Gasteiger partial charge is 0.254 e.